The topological polar surface area (TPSA) is 60.9 Å². The average molecular weight is 423 g/mol. The zero-order valence-corrected chi connectivity index (χ0v) is 18.6. The maximum Gasteiger partial charge on any atom is 0.252 e. The summed E-state index contributed by atoms with van der Waals surface area (Å²) in [7, 11) is -3.43. The molecule has 1 aliphatic heterocycles. The molecular weight excluding hydrogens is 392 g/mol. The lowest BCUT2D eigenvalue weighted by Crippen LogP contribution is -2.55. The third kappa shape index (κ3) is 4.59. The second-order valence-electron chi connectivity index (χ2n) is 8.38. The van der Waals surface area contributed by atoms with E-state index in [1.165, 1.54) is 11.3 Å². The molecule has 1 aliphatic rings. The Morgan fingerprint density at radius 3 is 2.39 bits per heavy atom. The molecule has 1 saturated heterocycles. The fraction of sp³-hybridized carbons (Fsp3) is 0.524. The Labute approximate surface area is 172 Å². The fourth-order valence-electron chi connectivity index (χ4n) is 3.73. The standard InChI is InChI=1S/C21H30N2O3S2/c1-16(2)14-19-15-22(28(25,26)20-6-5-13-27-20)11-12-23(19)18-9-7-17(8-10-18)21(3,4)24/h5-10,13,16,19,24H,11-12,14-15H2,1-4H3/t19-/m0/s1. The van der Waals surface area contributed by atoms with Crippen LogP contribution in [0.25, 0.3) is 0 Å². The number of rotatable bonds is 6. The Morgan fingerprint density at radius 1 is 1.18 bits per heavy atom. The Kier molecular flexibility index (Phi) is 6.20. The average Bonchev–Trinajstić information content (AvgIpc) is 3.16. The molecule has 3 rings (SSSR count). The summed E-state index contributed by atoms with van der Waals surface area (Å²) in [6, 6.07) is 11.6. The normalized spacial score (nSPS) is 19.4. The van der Waals surface area contributed by atoms with Crippen LogP contribution in [0.1, 0.15) is 39.7 Å². The number of benzene rings is 1. The lowest BCUT2D eigenvalue weighted by Gasteiger charge is -2.43. The number of hydrogen-bond donors (Lipinski definition) is 1. The third-order valence-corrected chi connectivity index (χ3v) is 8.42. The van der Waals surface area contributed by atoms with E-state index >= 15 is 0 Å². The molecule has 0 amide bonds. The van der Waals surface area contributed by atoms with E-state index in [0.29, 0.717) is 29.8 Å². The molecule has 5 nitrogen and oxygen atoms in total. The van der Waals surface area contributed by atoms with Gasteiger partial charge in [0.15, 0.2) is 0 Å². The maximum atomic E-state index is 13.0. The highest BCUT2D eigenvalue weighted by Gasteiger charge is 2.35. The highest BCUT2D eigenvalue weighted by atomic mass is 32.2. The minimum atomic E-state index is -3.43. The van der Waals surface area contributed by atoms with Crippen LogP contribution < -0.4 is 4.90 Å². The van der Waals surface area contributed by atoms with Gasteiger partial charge in [-0.15, -0.1) is 11.3 Å². The van der Waals surface area contributed by atoms with Crippen LogP contribution in [0, 0.1) is 5.92 Å². The number of aliphatic hydroxyl groups is 1. The van der Waals surface area contributed by atoms with Gasteiger partial charge < -0.3 is 10.0 Å². The van der Waals surface area contributed by atoms with Gasteiger partial charge in [-0.1, -0.05) is 32.0 Å². The summed E-state index contributed by atoms with van der Waals surface area (Å²) in [5.41, 5.74) is 1.07. The summed E-state index contributed by atoms with van der Waals surface area (Å²) in [4.78, 5) is 2.31. The molecule has 0 bridgehead atoms. The van der Waals surface area contributed by atoms with Crippen molar-refractivity contribution in [3.05, 3.63) is 47.3 Å². The van der Waals surface area contributed by atoms with Crippen LogP contribution in [0.4, 0.5) is 5.69 Å². The van der Waals surface area contributed by atoms with Crippen molar-refractivity contribution in [3.63, 3.8) is 0 Å². The number of hydrogen-bond acceptors (Lipinski definition) is 5. The molecule has 0 saturated carbocycles. The molecule has 28 heavy (non-hydrogen) atoms. The van der Waals surface area contributed by atoms with E-state index in [1.807, 2.05) is 24.3 Å². The van der Waals surface area contributed by atoms with E-state index in [4.69, 9.17) is 0 Å². The Balaban J connectivity index is 1.83. The van der Waals surface area contributed by atoms with Crippen molar-refractivity contribution in [3.8, 4) is 0 Å². The van der Waals surface area contributed by atoms with E-state index in [-0.39, 0.29) is 6.04 Å². The van der Waals surface area contributed by atoms with Crippen molar-refractivity contribution in [2.45, 2.75) is 50.0 Å². The zero-order valence-electron chi connectivity index (χ0n) is 17.0. The second kappa shape index (κ2) is 8.14. The van der Waals surface area contributed by atoms with Crippen LogP contribution in [-0.2, 0) is 15.6 Å². The Hall–Kier alpha value is -1.41. The van der Waals surface area contributed by atoms with Crippen molar-refractivity contribution < 1.29 is 13.5 Å². The van der Waals surface area contributed by atoms with Crippen LogP contribution >= 0.6 is 11.3 Å². The highest BCUT2D eigenvalue weighted by Crippen LogP contribution is 2.30. The van der Waals surface area contributed by atoms with Crippen molar-refractivity contribution in [2.24, 2.45) is 5.92 Å². The first-order chi connectivity index (χ1) is 13.1. The smallest absolute Gasteiger partial charge is 0.252 e. The van der Waals surface area contributed by atoms with E-state index in [0.717, 1.165) is 17.7 Å². The summed E-state index contributed by atoms with van der Waals surface area (Å²) in [5, 5.41) is 12.0. The largest absolute Gasteiger partial charge is 0.386 e. The Morgan fingerprint density at radius 2 is 1.86 bits per heavy atom. The van der Waals surface area contributed by atoms with E-state index in [2.05, 4.69) is 18.7 Å². The molecule has 0 aliphatic carbocycles. The first-order valence-corrected chi connectivity index (χ1v) is 12.0. The van der Waals surface area contributed by atoms with Crippen LogP contribution in [0.15, 0.2) is 46.0 Å². The van der Waals surface area contributed by atoms with Gasteiger partial charge in [-0.25, -0.2) is 8.42 Å². The molecule has 1 fully saturated rings. The molecule has 1 N–H and O–H groups in total. The second-order valence-corrected chi connectivity index (χ2v) is 11.5. The van der Waals surface area contributed by atoms with Crippen molar-refractivity contribution >= 4 is 27.0 Å². The SMILES string of the molecule is CC(C)C[C@H]1CN(S(=O)(=O)c2cccs2)CCN1c1ccc(C(C)(C)O)cc1. The molecule has 1 aromatic heterocycles. The summed E-state index contributed by atoms with van der Waals surface area (Å²) in [6.45, 7) is 9.51. The van der Waals surface area contributed by atoms with E-state index in [1.54, 1.807) is 35.7 Å². The van der Waals surface area contributed by atoms with Gasteiger partial charge in [-0.3, -0.25) is 0 Å². The molecule has 0 radical (unpaired) electrons. The lowest BCUT2D eigenvalue weighted by molar-refractivity contribution is 0.0786. The summed E-state index contributed by atoms with van der Waals surface area (Å²) in [6.07, 6.45) is 0.920. The Bertz CT molecular complexity index is 869. The quantitative estimate of drug-likeness (QED) is 0.767. The summed E-state index contributed by atoms with van der Waals surface area (Å²) < 4.78 is 28.0. The molecular formula is C21H30N2O3S2. The summed E-state index contributed by atoms with van der Waals surface area (Å²) in [5.74, 6) is 0.465. The summed E-state index contributed by atoms with van der Waals surface area (Å²) >= 11 is 1.27. The first-order valence-electron chi connectivity index (χ1n) is 9.72. The van der Waals surface area contributed by atoms with Gasteiger partial charge in [0, 0.05) is 31.4 Å². The molecule has 0 unspecified atom stereocenters. The van der Waals surface area contributed by atoms with Gasteiger partial charge in [0.1, 0.15) is 4.21 Å². The van der Waals surface area contributed by atoms with Crippen LogP contribution in [0.2, 0.25) is 0 Å². The highest BCUT2D eigenvalue weighted by molar-refractivity contribution is 7.91. The molecule has 7 heteroatoms. The van der Waals surface area contributed by atoms with Crippen molar-refractivity contribution in [1.82, 2.24) is 4.31 Å². The lowest BCUT2D eigenvalue weighted by atomic mass is 9.97. The predicted molar refractivity (Wildman–Crippen MR) is 115 cm³/mol. The van der Waals surface area contributed by atoms with Crippen LogP contribution in [0.3, 0.4) is 0 Å². The van der Waals surface area contributed by atoms with Crippen molar-refractivity contribution in [1.29, 1.82) is 0 Å². The third-order valence-electron chi connectivity index (χ3n) is 5.18. The van der Waals surface area contributed by atoms with Gasteiger partial charge in [0.05, 0.1) is 5.60 Å². The predicted octanol–water partition coefficient (Wildman–Crippen LogP) is 3.90. The molecule has 154 valence electrons. The molecule has 2 aromatic rings. The molecule has 2 heterocycles. The van der Waals surface area contributed by atoms with Crippen molar-refractivity contribution in [2.75, 3.05) is 24.5 Å². The minimum absolute atomic E-state index is 0.122. The van der Waals surface area contributed by atoms with Crippen LogP contribution in [0.5, 0.6) is 0 Å². The first kappa shape index (κ1) is 21.3. The number of anilines is 1. The number of piperazine rings is 1. The molecule has 0 spiro atoms. The monoisotopic (exact) mass is 422 g/mol. The number of sulfonamides is 1. The number of thiophene rings is 1. The minimum Gasteiger partial charge on any atom is -0.386 e. The van der Waals surface area contributed by atoms with Gasteiger partial charge in [0.2, 0.25) is 0 Å². The number of nitrogens with zero attached hydrogens (tertiary/aromatic N) is 2. The van der Waals surface area contributed by atoms with Crippen LogP contribution in [-0.4, -0.2) is 43.5 Å². The van der Waals surface area contributed by atoms with Gasteiger partial charge in [0.25, 0.3) is 10.0 Å². The fourth-order valence-corrected chi connectivity index (χ4v) is 6.34. The van der Waals surface area contributed by atoms with Gasteiger partial charge >= 0.3 is 0 Å². The molecule has 1 atom stereocenters. The van der Waals surface area contributed by atoms with Gasteiger partial charge in [-0.05, 0) is 55.3 Å². The molecule has 1 aromatic carbocycles. The maximum absolute atomic E-state index is 13.0. The van der Waals surface area contributed by atoms with E-state index in [9.17, 15) is 13.5 Å². The van der Waals surface area contributed by atoms with E-state index < -0.39 is 15.6 Å². The van der Waals surface area contributed by atoms with Gasteiger partial charge in [-0.2, -0.15) is 4.31 Å². The zero-order chi connectivity index (χ0) is 20.5.